The molecule has 3 heterocycles. The van der Waals surface area contributed by atoms with Crippen molar-refractivity contribution in [1.29, 1.82) is 0 Å². The van der Waals surface area contributed by atoms with Gasteiger partial charge in [-0.15, -0.1) is 11.3 Å². The van der Waals surface area contributed by atoms with E-state index in [2.05, 4.69) is 49.1 Å². The van der Waals surface area contributed by atoms with Crippen LogP contribution in [0, 0.1) is 6.92 Å². The first kappa shape index (κ1) is 14.6. The summed E-state index contributed by atoms with van der Waals surface area (Å²) < 4.78 is 7.22. The number of thiophene rings is 1. The van der Waals surface area contributed by atoms with Crippen LogP contribution in [-0.4, -0.2) is 0 Å². The molecule has 124 valence electrons. The van der Waals surface area contributed by atoms with Crippen LogP contribution < -0.4 is 4.90 Å². The van der Waals surface area contributed by atoms with Gasteiger partial charge in [0, 0.05) is 16.1 Å². The zero-order valence-electron chi connectivity index (χ0n) is 14.3. The van der Waals surface area contributed by atoms with Crippen LogP contribution in [0.4, 0.5) is 5.69 Å². The topological polar surface area (TPSA) is 16.4 Å². The number of rotatable bonds is 1. The zero-order chi connectivity index (χ0) is 16.3. The Morgan fingerprint density at radius 3 is 2.71 bits per heavy atom. The lowest BCUT2D eigenvalue weighted by Gasteiger charge is -2.45. The maximum Gasteiger partial charge on any atom is 0.150 e. The van der Waals surface area contributed by atoms with Crippen molar-refractivity contribution in [3.63, 3.8) is 0 Å². The van der Waals surface area contributed by atoms with Gasteiger partial charge in [-0.3, -0.25) is 0 Å². The smallest absolute Gasteiger partial charge is 0.150 e. The number of hydrogen-bond acceptors (Lipinski definition) is 3. The second kappa shape index (κ2) is 5.13. The number of anilines is 1. The fraction of sp³-hybridized carbons (Fsp3) is 0.429. The fourth-order valence-electron chi connectivity index (χ4n) is 5.05. The standard InChI is InChI=1S/C21H23NOS/c1-14-8-4-5-9-16(14)22-15(2)18-19-17(10-13-23-19)24-20(18)21(22)11-6-3-7-12-21/h4-5,8-10,13,15H,3,6-7,11-12H2,1-2H3. The van der Waals surface area contributed by atoms with Gasteiger partial charge in [0.2, 0.25) is 0 Å². The molecule has 2 aromatic heterocycles. The van der Waals surface area contributed by atoms with Gasteiger partial charge in [0.15, 0.2) is 0 Å². The molecule has 3 heteroatoms. The minimum absolute atomic E-state index is 0.172. The van der Waals surface area contributed by atoms with E-state index in [1.807, 2.05) is 17.6 Å². The van der Waals surface area contributed by atoms with Gasteiger partial charge in [-0.25, -0.2) is 0 Å². The van der Waals surface area contributed by atoms with E-state index in [1.54, 1.807) is 4.88 Å². The molecule has 1 aliphatic carbocycles. The van der Waals surface area contributed by atoms with Crippen molar-refractivity contribution >= 4 is 27.3 Å². The molecule has 0 bridgehead atoms. The first-order valence-electron chi connectivity index (χ1n) is 9.08. The van der Waals surface area contributed by atoms with Crippen molar-refractivity contribution in [2.45, 2.75) is 57.5 Å². The summed E-state index contributed by atoms with van der Waals surface area (Å²) in [7, 11) is 0. The van der Waals surface area contributed by atoms with Crippen molar-refractivity contribution in [3.8, 4) is 0 Å². The summed E-state index contributed by atoms with van der Waals surface area (Å²) in [5.74, 6) is 0. The molecule has 3 aromatic rings. The normalized spacial score (nSPS) is 22.4. The Balaban J connectivity index is 1.77. The molecular weight excluding hydrogens is 314 g/mol. The second-order valence-corrected chi connectivity index (χ2v) is 8.44. The summed E-state index contributed by atoms with van der Waals surface area (Å²) in [6.45, 7) is 4.61. The highest BCUT2D eigenvalue weighted by Gasteiger charge is 2.52. The number of nitrogens with zero attached hydrogens (tertiary/aromatic N) is 1. The number of aryl methyl sites for hydroxylation is 1. The predicted molar refractivity (Wildman–Crippen MR) is 101 cm³/mol. The highest BCUT2D eigenvalue weighted by Crippen LogP contribution is 2.59. The zero-order valence-corrected chi connectivity index (χ0v) is 15.2. The molecule has 0 saturated heterocycles. The van der Waals surface area contributed by atoms with E-state index >= 15 is 0 Å². The lowest BCUT2D eigenvalue weighted by atomic mass is 9.80. The monoisotopic (exact) mass is 337 g/mol. The number of benzene rings is 1. The summed E-state index contributed by atoms with van der Waals surface area (Å²) in [6, 6.07) is 11.4. The van der Waals surface area contributed by atoms with E-state index in [1.165, 1.54) is 53.6 Å². The van der Waals surface area contributed by atoms with Crippen LogP contribution >= 0.6 is 11.3 Å². The van der Waals surface area contributed by atoms with Crippen LogP contribution in [0.3, 0.4) is 0 Å². The van der Waals surface area contributed by atoms with E-state index in [9.17, 15) is 0 Å². The van der Waals surface area contributed by atoms with Gasteiger partial charge in [-0.2, -0.15) is 0 Å². The van der Waals surface area contributed by atoms with E-state index in [-0.39, 0.29) is 5.54 Å². The van der Waals surface area contributed by atoms with Crippen LogP contribution in [0.2, 0.25) is 0 Å². The van der Waals surface area contributed by atoms with Crippen molar-refractivity contribution in [2.75, 3.05) is 4.90 Å². The fourth-order valence-corrected chi connectivity index (χ4v) is 6.51. The Morgan fingerprint density at radius 2 is 1.92 bits per heavy atom. The second-order valence-electron chi connectivity index (χ2n) is 7.38. The van der Waals surface area contributed by atoms with Gasteiger partial charge in [-0.1, -0.05) is 37.5 Å². The molecule has 1 unspecified atom stereocenters. The third kappa shape index (κ3) is 1.76. The van der Waals surface area contributed by atoms with Gasteiger partial charge >= 0.3 is 0 Å². The lowest BCUT2D eigenvalue weighted by molar-refractivity contribution is 0.288. The van der Waals surface area contributed by atoms with Crippen LogP contribution in [0.5, 0.6) is 0 Å². The molecule has 1 aromatic carbocycles. The molecule has 0 amide bonds. The van der Waals surface area contributed by atoms with Crippen LogP contribution in [-0.2, 0) is 5.54 Å². The molecule has 1 spiro atoms. The van der Waals surface area contributed by atoms with E-state index in [4.69, 9.17) is 4.42 Å². The van der Waals surface area contributed by atoms with Crippen molar-refractivity contribution in [3.05, 3.63) is 52.6 Å². The summed E-state index contributed by atoms with van der Waals surface area (Å²) in [5, 5.41) is 0. The first-order chi connectivity index (χ1) is 11.7. The minimum atomic E-state index is 0.172. The molecule has 1 aliphatic heterocycles. The van der Waals surface area contributed by atoms with Gasteiger partial charge < -0.3 is 9.32 Å². The van der Waals surface area contributed by atoms with Gasteiger partial charge in [0.25, 0.3) is 0 Å². The molecule has 5 rings (SSSR count). The molecular formula is C21H23NOS. The average molecular weight is 337 g/mol. The Kier molecular flexibility index (Phi) is 3.12. The van der Waals surface area contributed by atoms with E-state index < -0.39 is 0 Å². The highest BCUT2D eigenvalue weighted by atomic mass is 32.1. The maximum absolute atomic E-state index is 5.90. The predicted octanol–water partition coefficient (Wildman–Crippen LogP) is 6.54. The van der Waals surface area contributed by atoms with Gasteiger partial charge in [0.1, 0.15) is 5.58 Å². The Bertz CT molecular complexity index is 900. The SMILES string of the molecule is Cc1ccccc1N1C(C)c2c(sc3ccoc23)C12CCCCC2. The van der Waals surface area contributed by atoms with Crippen LogP contribution in [0.15, 0.2) is 41.0 Å². The molecule has 24 heavy (non-hydrogen) atoms. The Morgan fingerprint density at radius 1 is 1.12 bits per heavy atom. The Labute approximate surface area is 147 Å². The molecule has 0 N–H and O–H groups in total. The Hall–Kier alpha value is -1.74. The van der Waals surface area contributed by atoms with Gasteiger partial charge in [-0.05, 0) is 44.4 Å². The summed E-state index contributed by atoms with van der Waals surface area (Å²) in [5.41, 5.74) is 5.52. The average Bonchev–Trinajstić information content (AvgIpc) is 3.23. The summed E-state index contributed by atoms with van der Waals surface area (Å²) in [4.78, 5) is 4.30. The third-order valence-corrected chi connectivity index (χ3v) is 7.42. The van der Waals surface area contributed by atoms with Crippen LogP contribution in [0.25, 0.3) is 10.3 Å². The van der Waals surface area contributed by atoms with Crippen molar-refractivity contribution in [2.24, 2.45) is 0 Å². The van der Waals surface area contributed by atoms with Crippen molar-refractivity contribution in [1.82, 2.24) is 0 Å². The largest absolute Gasteiger partial charge is 0.463 e. The molecule has 0 radical (unpaired) electrons. The molecule has 2 aliphatic rings. The van der Waals surface area contributed by atoms with Crippen molar-refractivity contribution < 1.29 is 4.42 Å². The minimum Gasteiger partial charge on any atom is -0.463 e. The number of para-hydroxylation sites is 1. The van der Waals surface area contributed by atoms with E-state index in [0.29, 0.717) is 6.04 Å². The van der Waals surface area contributed by atoms with Gasteiger partial charge in [0.05, 0.1) is 22.5 Å². The molecule has 2 nitrogen and oxygen atoms in total. The number of fused-ring (bicyclic) bond motifs is 4. The molecule has 1 saturated carbocycles. The third-order valence-electron chi connectivity index (χ3n) is 6.07. The molecule has 1 atom stereocenters. The van der Waals surface area contributed by atoms with Crippen LogP contribution in [0.1, 0.15) is 61.1 Å². The summed E-state index contributed by atoms with van der Waals surface area (Å²) >= 11 is 1.97. The number of furan rings is 1. The number of hydrogen-bond donors (Lipinski definition) is 0. The summed E-state index contributed by atoms with van der Waals surface area (Å²) in [6.07, 6.45) is 8.40. The lowest BCUT2D eigenvalue weighted by Crippen LogP contribution is -2.44. The maximum atomic E-state index is 5.90. The quantitative estimate of drug-likeness (QED) is 0.501. The first-order valence-corrected chi connectivity index (χ1v) is 9.89. The van der Waals surface area contributed by atoms with E-state index in [0.717, 1.165) is 5.58 Å². The highest BCUT2D eigenvalue weighted by molar-refractivity contribution is 7.19. The molecule has 1 fully saturated rings.